The maximum Gasteiger partial charge on any atom is 0.151 e. The number of anilines is 1. The molecule has 5 heteroatoms. The van der Waals surface area contributed by atoms with Gasteiger partial charge in [-0.25, -0.2) is 0 Å². The fourth-order valence-corrected chi connectivity index (χ4v) is 1.51. The number of hydrogen-bond acceptors (Lipinski definition) is 4. The van der Waals surface area contributed by atoms with Crippen LogP contribution in [-0.2, 0) is 0 Å². The molecule has 0 unspecified atom stereocenters. The van der Waals surface area contributed by atoms with Crippen LogP contribution in [0.5, 0.6) is 0 Å². The van der Waals surface area contributed by atoms with Gasteiger partial charge in [0, 0.05) is 13.1 Å². The van der Waals surface area contributed by atoms with Crippen molar-refractivity contribution in [2.75, 3.05) is 24.5 Å². The van der Waals surface area contributed by atoms with Crippen LogP contribution in [-0.4, -0.2) is 29.8 Å². The van der Waals surface area contributed by atoms with Crippen molar-refractivity contribution in [1.82, 2.24) is 10.2 Å². The van der Waals surface area contributed by atoms with Gasteiger partial charge in [0.15, 0.2) is 11.0 Å². The Kier molecular flexibility index (Phi) is 4.50. The van der Waals surface area contributed by atoms with Crippen LogP contribution < -0.4 is 10.6 Å². The van der Waals surface area contributed by atoms with E-state index in [1.807, 2.05) is 6.07 Å². The lowest BCUT2D eigenvalue weighted by atomic mass is 9.93. The van der Waals surface area contributed by atoms with Gasteiger partial charge in [0.1, 0.15) is 0 Å². The number of nitrogens with two attached hydrogens (primary N) is 1. The molecule has 0 spiro atoms. The van der Waals surface area contributed by atoms with Crippen LogP contribution in [0.3, 0.4) is 0 Å². The Hall–Kier alpha value is -0.870. The van der Waals surface area contributed by atoms with Gasteiger partial charge in [0.25, 0.3) is 0 Å². The molecule has 0 radical (unpaired) electrons. The maximum absolute atomic E-state index is 5.73. The average molecular weight is 243 g/mol. The largest absolute Gasteiger partial charge is 0.355 e. The van der Waals surface area contributed by atoms with Crippen molar-refractivity contribution in [1.29, 1.82) is 0 Å². The first-order chi connectivity index (χ1) is 7.48. The topological polar surface area (TPSA) is 55.0 Å². The van der Waals surface area contributed by atoms with Crippen LogP contribution in [0, 0.1) is 5.41 Å². The molecule has 0 aliphatic carbocycles. The van der Waals surface area contributed by atoms with Crippen LogP contribution in [0.2, 0.25) is 5.15 Å². The quantitative estimate of drug-likeness (QED) is 0.858. The molecule has 0 bridgehead atoms. The highest BCUT2D eigenvalue weighted by Gasteiger charge is 2.20. The van der Waals surface area contributed by atoms with Crippen molar-refractivity contribution in [2.45, 2.75) is 20.8 Å². The molecule has 2 N–H and O–H groups in total. The van der Waals surface area contributed by atoms with E-state index >= 15 is 0 Å². The van der Waals surface area contributed by atoms with Gasteiger partial charge in [-0.2, -0.15) is 0 Å². The Bertz CT molecular complexity index is 323. The summed E-state index contributed by atoms with van der Waals surface area (Å²) < 4.78 is 0. The van der Waals surface area contributed by atoms with Gasteiger partial charge in [-0.3, -0.25) is 0 Å². The van der Waals surface area contributed by atoms with Gasteiger partial charge in [0.2, 0.25) is 0 Å². The first kappa shape index (κ1) is 13.2. The van der Waals surface area contributed by atoms with Crippen molar-refractivity contribution in [3.8, 4) is 0 Å². The highest BCUT2D eigenvalue weighted by atomic mass is 35.5. The minimum atomic E-state index is 0.0668. The predicted octanol–water partition coefficient (Wildman–Crippen LogP) is 1.94. The Balaban J connectivity index is 2.78. The van der Waals surface area contributed by atoms with Gasteiger partial charge in [-0.1, -0.05) is 25.4 Å². The Morgan fingerprint density at radius 3 is 2.50 bits per heavy atom. The first-order valence-electron chi connectivity index (χ1n) is 5.43. The minimum Gasteiger partial charge on any atom is -0.355 e. The molecule has 0 aromatic carbocycles. The van der Waals surface area contributed by atoms with E-state index < -0.39 is 0 Å². The molecule has 0 atom stereocenters. The Morgan fingerprint density at radius 2 is 2.06 bits per heavy atom. The van der Waals surface area contributed by atoms with Crippen molar-refractivity contribution in [3.63, 3.8) is 0 Å². The summed E-state index contributed by atoms with van der Waals surface area (Å²) in [6.07, 6.45) is 0. The number of halogens is 1. The molecule has 1 rings (SSSR count). The van der Waals surface area contributed by atoms with Crippen LogP contribution in [0.15, 0.2) is 12.1 Å². The fraction of sp³-hybridized carbons (Fsp3) is 0.636. The van der Waals surface area contributed by atoms with Crippen molar-refractivity contribution in [3.05, 3.63) is 17.3 Å². The predicted molar refractivity (Wildman–Crippen MR) is 67.8 cm³/mol. The molecule has 0 amide bonds. The van der Waals surface area contributed by atoms with Crippen LogP contribution >= 0.6 is 11.6 Å². The minimum absolute atomic E-state index is 0.0668. The summed E-state index contributed by atoms with van der Waals surface area (Å²) in [6, 6.07) is 3.63. The third-order valence-electron chi connectivity index (χ3n) is 2.50. The van der Waals surface area contributed by atoms with E-state index in [1.54, 1.807) is 6.07 Å². The maximum atomic E-state index is 5.73. The fourth-order valence-electron chi connectivity index (χ4n) is 1.41. The van der Waals surface area contributed by atoms with Crippen LogP contribution in [0.25, 0.3) is 0 Å². The summed E-state index contributed by atoms with van der Waals surface area (Å²) in [5.41, 5.74) is 5.79. The molecule has 1 heterocycles. The Morgan fingerprint density at radius 1 is 1.38 bits per heavy atom. The lowest BCUT2D eigenvalue weighted by Crippen LogP contribution is -2.39. The van der Waals surface area contributed by atoms with Crippen molar-refractivity contribution in [2.24, 2.45) is 11.1 Å². The van der Waals surface area contributed by atoms with Crippen LogP contribution in [0.1, 0.15) is 20.8 Å². The summed E-state index contributed by atoms with van der Waals surface area (Å²) >= 11 is 5.71. The lowest BCUT2D eigenvalue weighted by molar-refractivity contribution is 0.378. The molecule has 1 aromatic rings. The molecule has 0 saturated heterocycles. The van der Waals surface area contributed by atoms with E-state index in [-0.39, 0.29) is 5.41 Å². The van der Waals surface area contributed by atoms with Gasteiger partial charge in [0.05, 0.1) is 0 Å². The second-order valence-corrected chi connectivity index (χ2v) is 4.98. The molecule has 90 valence electrons. The number of aromatic nitrogens is 2. The average Bonchev–Trinajstić information content (AvgIpc) is 2.27. The van der Waals surface area contributed by atoms with Crippen molar-refractivity contribution >= 4 is 17.4 Å². The molecule has 0 saturated carbocycles. The number of hydrogen-bond donors (Lipinski definition) is 1. The van der Waals surface area contributed by atoms with E-state index in [9.17, 15) is 0 Å². The molecular formula is C11H19ClN4. The summed E-state index contributed by atoms with van der Waals surface area (Å²) in [5, 5.41) is 8.33. The molecule has 0 aliphatic rings. The molecule has 16 heavy (non-hydrogen) atoms. The second-order valence-electron chi connectivity index (χ2n) is 4.60. The number of nitrogens with zero attached hydrogens (tertiary/aromatic N) is 3. The van der Waals surface area contributed by atoms with E-state index in [2.05, 4.69) is 35.9 Å². The highest BCUT2D eigenvalue weighted by molar-refractivity contribution is 6.29. The van der Waals surface area contributed by atoms with Gasteiger partial charge >= 0.3 is 0 Å². The zero-order valence-electron chi connectivity index (χ0n) is 10.1. The summed E-state index contributed by atoms with van der Waals surface area (Å²) in [7, 11) is 0. The highest BCUT2D eigenvalue weighted by Crippen LogP contribution is 2.19. The molecule has 0 fully saturated rings. The normalized spacial score (nSPS) is 11.6. The molecule has 0 aliphatic heterocycles. The molecular weight excluding hydrogens is 224 g/mol. The van der Waals surface area contributed by atoms with E-state index in [0.717, 1.165) is 18.9 Å². The monoisotopic (exact) mass is 242 g/mol. The van der Waals surface area contributed by atoms with E-state index in [1.165, 1.54) is 0 Å². The summed E-state index contributed by atoms with van der Waals surface area (Å²) in [4.78, 5) is 2.15. The standard InChI is InChI=1S/C11H19ClN4/c1-4-16(8-11(2,3)7-13)10-6-5-9(12)14-15-10/h5-6H,4,7-8,13H2,1-3H3. The zero-order valence-corrected chi connectivity index (χ0v) is 10.8. The molecule has 4 nitrogen and oxygen atoms in total. The lowest BCUT2D eigenvalue weighted by Gasteiger charge is -2.31. The third-order valence-corrected chi connectivity index (χ3v) is 2.70. The third kappa shape index (κ3) is 3.61. The smallest absolute Gasteiger partial charge is 0.151 e. The Labute approximate surface area is 102 Å². The summed E-state index contributed by atoms with van der Waals surface area (Å²) in [5.74, 6) is 0.841. The molecule has 1 aromatic heterocycles. The van der Waals surface area contributed by atoms with Crippen LogP contribution in [0.4, 0.5) is 5.82 Å². The van der Waals surface area contributed by atoms with E-state index in [0.29, 0.717) is 11.7 Å². The van der Waals surface area contributed by atoms with Crippen molar-refractivity contribution < 1.29 is 0 Å². The van der Waals surface area contributed by atoms with Gasteiger partial charge in [-0.05, 0) is 31.0 Å². The second kappa shape index (κ2) is 5.46. The first-order valence-corrected chi connectivity index (χ1v) is 5.80. The summed E-state index contributed by atoms with van der Waals surface area (Å²) in [6.45, 7) is 8.74. The van der Waals surface area contributed by atoms with Gasteiger partial charge < -0.3 is 10.6 Å². The van der Waals surface area contributed by atoms with Gasteiger partial charge in [-0.15, -0.1) is 10.2 Å². The zero-order chi connectivity index (χ0) is 12.2. The van der Waals surface area contributed by atoms with E-state index in [4.69, 9.17) is 17.3 Å². The number of rotatable bonds is 5. The SMILES string of the molecule is CCN(CC(C)(C)CN)c1ccc(Cl)nn1.